The van der Waals surface area contributed by atoms with E-state index in [2.05, 4.69) is 4.74 Å². The molecule has 0 aromatic carbocycles. The van der Waals surface area contributed by atoms with Crippen molar-refractivity contribution in [3.05, 3.63) is 0 Å². The van der Waals surface area contributed by atoms with Gasteiger partial charge in [0.1, 0.15) is 0 Å². The standard InChI is InChI=1S/C9H17NO3/c1-7(2)9(12)5-10(6-9)4-8(11)13-3/h7,12H,4-6H2,1-3H3. The van der Waals surface area contributed by atoms with Gasteiger partial charge < -0.3 is 9.84 Å². The first-order valence-corrected chi connectivity index (χ1v) is 4.49. The van der Waals surface area contributed by atoms with Crippen molar-refractivity contribution in [1.82, 2.24) is 4.90 Å². The van der Waals surface area contributed by atoms with Gasteiger partial charge in [-0.1, -0.05) is 13.8 Å². The van der Waals surface area contributed by atoms with E-state index in [1.165, 1.54) is 7.11 Å². The summed E-state index contributed by atoms with van der Waals surface area (Å²) in [4.78, 5) is 12.7. The monoisotopic (exact) mass is 187 g/mol. The van der Waals surface area contributed by atoms with E-state index in [1.54, 1.807) is 0 Å². The maximum atomic E-state index is 10.9. The molecule has 0 radical (unpaired) electrons. The van der Waals surface area contributed by atoms with E-state index in [0.29, 0.717) is 13.1 Å². The van der Waals surface area contributed by atoms with Gasteiger partial charge in [-0.05, 0) is 5.92 Å². The molecular weight excluding hydrogens is 170 g/mol. The number of hydrogen-bond donors (Lipinski definition) is 1. The zero-order valence-corrected chi connectivity index (χ0v) is 8.41. The molecule has 0 spiro atoms. The summed E-state index contributed by atoms with van der Waals surface area (Å²) in [6.07, 6.45) is 0. The Morgan fingerprint density at radius 1 is 1.62 bits per heavy atom. The quantitative estimate of drug-likeness (QED) is 0.625. The third-order valence-electron chi connectivity index (χ3n) is 2.65. The second kappa shape index (κ2) is 3.64. The van der Waals surface area contributed by atoms with Crippen LogP contribution in [-0.2, 0) is 9.53 Å². The number of methoxy groups -OCH3 is 1. The van der Waals surface area contributed by atoms with Gasteiger partial charge >= 0.3 is 5.97 Å². The zero-order valence-electron chi connectivity index (χ0n) is 8.41. The number of aliphatic hydroxyl groups is 1. The number of esters is 1. The fraction of sp³-hybridized carbons (Fsp3) is 0.889. The van der Waals surface area contributed by atoms with Crippen molar-refractivity contribution in [2.45, 2.75) is 19.4 Å². The van der Waals surface area contributed by atoms with Crippen LogP contribution in [0, 0.1) is 5.92 Å². The van der Waals surface area contributed by atoms with Crippen LogP contribution in [0.25, 0.3) is 0 Å². The minimum absolute atomic E-state index is 0.237. The van der Waals surface area contributed by atoms with Gasteiger partial charge in [-0.15, -0.1) is 0 Å². The van der Waals surface area contributed by atoms with Crippen molar-refractivity contribution in [2.75, 3.05) is 26.7 Å². The first-order valence-electron chi connectivity index (χ1n) is 4.49. The number of carbonyl (C=O) groups is 1. The number of nitrogens with zero attached hydrogens (tertiary/aromatic N) is 1. The number of likely N-dealkylation sites (tertiary alicyclic amines) is 1. The molecule has 1 fully saturated rings. The summed E-state index contributed by atoms with van der Waals surface area (Å²) in [5.74, 6) is -0.00722. The second-order valence-corrected chi connectivity index (χ2v) is 3.98. The first kappa shape index (κ1) is 10.5. The van der Waals surface area contributed by atoms with E-state index in [9.17, 15) is 9.90 Å². The molecule has 0 saturated carbocycles. The van der Waals surface area contributed by atoms with Crippen LogP contribution in [0.4, 0.5) is 0 Å². The normalized spacial score (nSPS) is 21.3. The zero-order chi connectivity index (χ0) is 10.1. The van der Waals surface area contributed by atoms with Crippen molar-refractivity contribution in [2.24, 2.45) is 5.92 Å². The summed E-state index contributed by atoms with van der Waals surface area (Å²) in [5, 5.41) is 9.85. The fourth-order valence-electron chi connectivity index (χ4n) is 1.45. The highest BCUT2D eigenvalue weighted by atomic mass is 16.5. The largest absolute Gasteiger partial charge is 0.468 e. The van der Waals surface area contributed by atoms with Crippen molar-refractivity contribution in [1.29, 1.82) is 0 Å². The highest BCUT2D eigenvalue weighted by Crippen LogP contribution is 2.27. The average Bonchev–Trinajstić information content (AvgIpc) is 2.00. The highest BCUT2D eigenvalue weighted by molar-refractivity contribution is 5.71. The molecule has 0 aromatic heterocycles. The van der Waals surface area contributed by atoms with Crippen LogP contribution in [0.15, 0.2) is 0 Å². The Labute approximate surface area is 78.5 Å². The van der Waals surface area contributed by atoms with Crippen LogP contribution in [0.5, 0.6) is 0 Å². The summed E-state index contributed by atoms with van der Waals surface area (Å²) >= 11 is 0. The van der Waals surface area contributed by atoms with Crippen LogP contribution in [0.1, 0.15) is 13.8 Å². The van der Waals surface area contributed by atoms with Gasteiger partial charge in [0.15, 0.2) is 0 Å². The average molecular weight is 187 g/mol. The SMILES string of the molecule is COC(=O)CN1CC(O)(C(C)C)C1. The lowest BCUT2D eigenvalue weighted by atomic mass is 9.83. The summed E-state index contributed by atoms with van der Waals surface area (Å²) in [7, 11) is 1.37. The Balaban J connectivity index is 2.29. The Bertz CT molecular complexity index is 197. The van der Waals surface area contributed by atoms with Gasteiger partial charge in [-0.25, -0.2) is 0 Å². The first-order chi connectivity index (χ1) is 5.98. The van der Waals surface area contributed by atoms with Gasteiger partial charge in [0, 0.05) is 13.1 Å². The maximum absolute atomic E-state index is 10.9. The Hall–Kier alpha value is -0.610. The lowest BCUT2D eigenvalue weighted by Gasteiger charge is -2.48. The van der Waals surface area contributed by atoms with E-state index in [0.717, 1.165) is 0 Å². The molecule has 76 valence electrons. The van der Waals surface area contributed by atoms with Crippen molar-refractivity contribution in [3.63, 3.8) is 0 Å². The molecule has 0 aliphatic carbocycles. The van der Waals surface area contributed by atoms with Crippen LogP contribution in [0.2, 0.25) is 0 Å². The number of ether oxygens (including phenoxy) is 1. The molecule has 4 nitrogen and oxygen atoms in total. The third-order valence-corrected chi connectivity index (χ3v) is 2.65. The summed E-state index contributed by atoms with van der Waals surface area (Å²) < 4.78 is 4.52. The highest BCUT2D eigenvalue weighted by Gasteiger charge is 2.43. The van der Waals surface area contributed by atoms with Crippen LogP contribution in [0.3, 0.4) is 0 Å². The van der Waals surface area contributed by atoms with E-state index >= 15 is 0 Å². The molecule has 1 rings (SSSR count). The van der Waals surface area contributed by atoms with Gasteiger partial charge in [0.2, 0.25) is 0 Å². The van der Waals surface area contributed by atoms with E-state index < -0.39 is 5.60 Å². The smallest absolute Gasteiger partial charge is 0.319 e. The molecule has 4 heteroatoms. The second-order valence-electron chi connectivity index (χ2n) is 3.98. The molecule has 13 heavy (non-hydrogen) atoms. The minimum atomic E-state index is -0.603. The van der Waals surface area contributed by atoms with Gasteiger partial charge in [-0.3, -0.25) is 9.69 Å². The molecule has 0 bridgehead atoms. The van der Waals surface area contributed by atoms with Gasteiger partial charge in [0.25, 0.3) is 0 Å². The molecule has 0 amide bonds. The van der Waals surface area contributed by atoms with Crippen molar-refractivity contribution in [3.8, 4) is 0 Å². The number of rotatable bonds is 3. The van der Waals surface area contributed by atoms with Crippen LogP contribution < -0.4 is 0 Å². The minimum Gasteiger partial charge on any atom is -0.468 e. The summed E-state index contributed by atoms with van der Waals surface area (Å²) in [6, 6.07) is 0. The van der Waals surface area contributed by atoms with Crippen LogP contribution in [-0.4, -0.2) is 48.3 Å². The Morgan fingerprint density at radius 3 is 2.54 bits per heavy atom. The predicted octanol–water partition coefficient (Wildman–Crippen LogP) is -0.138. The Morgan fingerprint density at radius 2 is 2.15 bits per heavy atom. The summed E-state index contributed by atoms with van der Waals surface area (Å²) in [6.45, 7) is 5.38. The van der Waals surface area contributed by atoms with Gasteiger partial charge in [-0.2, -0.15) is 0 Å². The molecule has 1 heterocycles. The molecule has 1 N–H and O–H groups in total. The number of carbonyl (C=O) groups excluding carboxylic acids is 1. The maximum Gasteiger partial charge on any atom is 0.319 e. The molecule has 1 saturated heterocycles. The molecule has 0 atom stereocenters. The molecule has 0 aromatic rings. The van der Waals surface area contributed by atoms with Crippen molar-refractivity contribution < 1.29 is 14.6 Å². The number of β-amino-alcohol motifs (C(OH)–C–C–N with tert-alkyl or cyclic N) is 1. The van der Waals surface area contributed by atoms with E-state index in [1.807, 2.05) is 18.7 Å². The molecular formula is C9H17NO3. The van der Waals surface area contributed by atoms with E-state index in [4.69, 9.17) is 0 Å². The van der Waals surface area contributed by atoms with Gasteiger partial charge in [0.05, 0.1) is 19.3 Å². The van der Waals surface area contributed by atoms with Crippen molar-refractivity contribution >= 4 is 5.97 Å². The predicted molar refractivity (Wildman–Crippen MR) is 48.2 cm³/mol. The number of hydrogen-bond acceptors (Lipinski definition) is 4. The molecule has 0 unspecified atom stereocenters. The lowest BCUT2D eigenvalue weighted by molar-refractivity contribution is -0.156. The fourth-order valence-corrected chi connectivity index (χ4v) is 1.45. The third kappa shape index (κ3) is 2.19. The van der Waals surface area contributed by atoms with E-state index in [-0.39, 0.29) is 18.4 Å². The summed E-state index contributed by atoms with van der Waals surface area (Å²) in [5.41, 5.74) is -0.603. The topological polar surface area (TPSA) is 49.8 Å². The lowest BCUT2D eigenvalue weighted by Crippen LogP contribution is -2.65. The molecule has 1 aliphatic rings. The molecule has 1 aliphatic heterocycles. The van der Waals surface area contributed by atoms with Crippen LogP contribution >= 0.6 is 0 Å². The Kier molecular flexibility index (Phi) is 2.93.